The molecule has 0 bridgehead atoms. The lowest BCUT2D eigenvalue weighted by molar-refractivity contribution is -0.119. The van der Waals surface area contributed by atoms with Crippen molar-refractivity contribution in [3.63, 3.8) is 0 Å². The molecular formula is C23H21ClF2N4O3. The van der Waals surface area contributed by atoms with Crippen molar-refractivity contribution in [3.8, 4) is 11.8 Å². The first kappa shape index (κ1) is 22.8. The van der Waals surface area contributed by atoms with Crippen LogP contribution in [0.1, 0.15) is 37.1 Å². The molecule has 0 saturated heterocycles. The third-order valence-electron chi connectivity index (χ3n) is 5.83. The fraction of sp³-hybridized carbons (Fsp3) is 0.348. The van der Waals surface area contributed by atoms with Crippen LogP contribution in [0.25, 0.3) is 10.9 Å². The maximum absolute atomic E-state index is 13.0. The van der Waals surface area contributed by atoms with Gasteiger partial charge in [-0.05, 0) is 31.2 Å². The number of fused-ring (bicyclic) bond motifs is 1. The summed E-state index contributed by atoms with van der Waals surface area (Å²) in [5, 5.41) is 13.0. The Balaban J connectivity index is 1.57. The van der Waals surface area contributed by atoms with E-state index >= 15 is 0 Å². The molecule has 1 aliphatic carbocycles. The summed E-state index contributed by atoms with van der Waals surface area (Å²) in [6.07, 6.45) is -0.385. The molecule has 1 aliphatic rings. The predicted octanol–water partition coefficient (Wildman–Crippen LogP) is 4.35. The summed E-state index contributed by atoms with van der Waals surface area (Å²) in [6.45, 7) is 1.88. The van der Waals surface area contributed by atoms with Crippen molar-refractivity contribution in [2.24, 2.45) is 13.0 Å². The lowest BCUT2D eigenvalue weighted by atomic mass is 9.82. The molecule has 33 heavy (non-hydrogen) atoms. The van der Waals surface area contributed by atoms with Gasteiger partial charge in [0.1, 0.15) is 23.2 Å². The minimum Gasteiger partial charge on any atom is -0.493 e. The molecule has 3 aromatic rings. The smallest absolute Gasteiger partial charge is 0.274 e. The van der Waals surface area contributed by atoms with Crippen molar-refractivity contribution in [2.75, 3.05) is 11.9 Å². The molecule has 1 aromatic carbocycles. The highest BCUT2D eigenvalue weighted by molar-refractivity contribution is 6.35. The van der Waals surface area contributed by atoms with Crippen LogP contribution in [0.15, 0.2) is 39.9 Å². The van der Waals surface area contributed by atoms with Gasteiger partial charge in [-0.3, -0.25) is 9.59 Å². The lowest BCUT2D eigenvalue weighted by Crippen LogP contribution is -2.38. The monoisotopic (exact) mass is 474 g/mol. The molecule has 0 amide bonds. The molecule has 1 fully saturated rings. The van der Waals surface area contributed by atoms with Crippen molar-refractivity contribution in [2.45, 2.75) is 31.7 Å². The number of hydrogen-bond acceptors (Lipinski definition) is 5. The zero-order chi connectivity index (χ0) is 23.9. The van der Waals surface area contributed by atoms with Crippen molar-refractivity contribution in [3.05, 3.63) is 67.3 Å². The molecule has 0 aliphatic heterocycles. The van der Waals surface area contributed by atoms with Crippen LogP contribution in [0, 0.1) is 17.2 Å². The molecular weight excluding hydrogens is 454 g/mol. The fourth-order valence-electron chi connectivity index (χ4n) is 3.95. The van der Waals surface area contributed by atoms with E-state index in [-0.39, 0.29) is 47.9 Å². The van der Waals surface area contributed by atoms with Gasteiger partial charge in [0, 0.05) is 42.8 Å². The molecule has 10 heteroatoms. The maximum Gasteiger partial charge on any atom is 0.274 e. The Kier molecular flexibility index (Phi) is 5.89. The largest absolute Gasteiger partial charge is 0.493 e. The molecule has 1 saturated carbocycles. The normalized spacial score (nSPS) is 16.1. The first-order valence-electron chi connectivity index (χ1n) is 10.3. The molecule has 2 aromatic heterocycles. The SMILES string of the molecule is CC(Nc1ccc(C#N)n(C)c1=O)c1cc2c(Cl)cc(OCC3CC(F)(F)C3)cc2[nH]c1=O. The number of nitrogens with zero attached hydrogens (tertiary/aromatic N) is 2. The van der Waals surface area contributed by atoms with Gasteiger partial charge in [-0.1, -0.05) is 11.6 Å². The average Bonchev–Trinajstić information content (AvgIpc) is 2.73. The highest BCUT2D eigenvalue weighted by atomic mass is 35.5. The Morgan fingerprint density at radius 2 is 2.06 bits per heavy atom. The second-order valence-corrected chi connectivity index (χ2v) is 8.74. The Bertz CT molecular complexity index is 1390. The zero-order valence-electron chi connectivity index (χ0n) is 17.9. The molecule has 4 rings (SSSR count). The first-order chi connectivity index (χ1) is 15.6. The summed E-state index contributed by atoms with van der Waals surface area (Å²) in [5.74, 6) is -2.43. The topological polar surface area (TPSA) is 99.9 Å². The molecule has 0 radical (unpaired) electrons. The average molecular weight is 475 g/mol. The number of hydrogen-bond donors (Lipinski definition) is 2. The zero-order valence-corrected chi connectivity index (χ0v) is 18.7. The number of alkyl halides is 2. The standard InChI is InChI=1S/C23H21ClF2N4O3/c1-12(28-19-4-3-14(10-27)30(2)22(19)32)16-7-17-18(24)5-15(6-20(17)29-21(16)31)33-11-13-8-23(25,26)9-13/h3-7,12-13,28H,8-9,11H2,1-2H3,(H,29,31). The molecule has 2 heterocycles. The number of pyridine rings is 2. The number of halogens is 3. The number of anilines is 1. The van der Waals surface area contributed by atoms with E-state index in [2.05, 4.69) is 10.3 Å². The Labute approximate surface area is 192 Å². The molecule has 7 nitrogen and oxygen atoms in total. The number of nitrogens with one attached hydrogen (secondary N) is 2. The number of aromatic nitrogens is 2. The Morgan fingerprint density at radius 3 is 2.73 bits per heavy atom. The second-order valence-electron chi connectivity index (χ2n) is 8.34. The van der Waals surface area contributed by atoms with Gasteiger partial charge in [0.05, 0.1) is 23.2 Å². The van der Waals surface area contributed by atoms with Gasteiger partial charge >= 0.3 is 0 Å². The number of benzene rings is 1. The second kappa shape index (κ2) is 8.52. The minimum absolute atomic E-state index is 0.153. The van der Waals surface area contributed by atoms with Crippen molar-refractivity contribution < 1.29 is 13.5 Å². The molecule has 0 spiro atoms. The molecule has 1 unspecified atom stereocenters. The third kappa shape index (κ3) is 4.57. The molecule has 172 valence electrons. The van der Waals surface area contributed by atoms with E-state index in [4.69, 9.17) is 21.6 Å². The highest BCUT2D eigenvalue weighted by Gasteiger charge is 2.45. The van der Waals surface area contributed by atoms with Gasteiger partial charge < -0.3 is 19.6 Å². The molecule has 1 atom stereocenters. The summed E-state index contributed by atoms with van der Waals surface area (Å²) in [7, 11) is 1.50. The van der Waals surface area contributed by atoms with Crippen LogP contribution in [-0.2, 0) is 7.05 Å². The number of nitriles is 1. The van der Waals surface area contributed by atoms with Gasteiger partial charge in [0.15, 0.2) is 0 Å². The fourth-order valence-corrected chi connectivity index (χ4v) is 4.21. The summed E-state index contributed by atoms with van der Waals surface area (Å²) >= 11 is 6.41. The van der Waals surface area contributed by atoms with Gasteiger partial charge in [0.25, 0.3) is 11.1 Å². The van der Waals surface area contributed by atoms with E-state index in [1.54, 1.807) is 25.1 Å². The van der Waals surface area contributed by atoms with Crippen LogP contribution in [0.3, 0.4) is 0 Å². The molecule has 2 N–H and O–H groups in total. The van der Waals surface area contributed by atoms with E-state index in [1.165, 1.54) is 23.7 Å². The quantitative estimate of drug-likeness (QED) is 0.553. The first-order valence-corrected chi connectivity index (χ1v) is 10.7. The predicted molar refractivity (Wildman–Crippen MR) is 121 cm³/mol. The van der Waals surface area contributed by atoms with Crippen molar-refractivity contribution >= 4 is 28.2 Å². The highest BCUT2D eigenvalue weighted by Crippen LogP contribution is 2.42. The van der Waals surface area contributed by atoms with Gasteiger partial charge in [-0.15, -0.1) is 0 Å². The summed E-state index contributed by atoms with van der Waals surface area (Å²) in [5.41, 5.74) is 0.521. The van der Waals surface area contributed by atoms with Gasteiger partial charge in [-0.2, -0.15) is 5.26 Å². The van der Waals surface area contributed by atoms with Crippen LogP contribution in [-0.4, -0.2) is 22.1 Å². The van der Waals surface area contributed by atoms with E-state index < -0.39 is 12.0 Å². The van der Waals surface area contributed by atoms with Gasteiger partial charge in [0.2, 0.25) is 5.92 Å². The lowest BCUT2D eigenvalue weighted by Gasteiger charge is -2.34. The van der Waals surface area contributed by atoms with Crippen LogP contribution in [0.5, 0.6) is 5.75 Å². The van der Waals surface area contributed by atoms with E-state index in [0.29, 0.717) is 27.2 Å². The van der Waals surface area contributed by atoms with Crippen molar-refractivity contribution in [1.82, 2.24) is 9.55 Å². The number of ether oxygens (including phenoxy) is 1. The minimum atomic E-state index is -2.61. The Hall–Kier alpha value is -3.38. The van der Waals surface area contributed by atoms with Gasteiger partial charge in [-0.25, -0.2) is 8.78 Å². The third-order valence-corrected chi connectivity index (χ3v) is 6.14. The number of rotatable bonds is 6. The Morgan fingerprint density at radius 1 is 1.33 bits per heavy atom. The van der Waals surface area contributed by atoms with Crippen LogP contribution in [0.2, 0.25) is 5.02 Å². The maximum atomic E-state index is 13.0. The van der Waals surface area contributed by atoms with Crippen LogP contribution in [0.4, 0.5) is 14.5 Å². The van der Waals surface area contributed by atoms with Crippen LogP contribution >= 0.6 is 11.6 Å². The summed E-state index contributed by atoms with van der Waals surface area (Å²) in [6, 6.07) is 9.25. The number of aromatic amines is 1. The van der Waals surface area contributed by atoms with Crippen molar-refractivity contribution in [1.29, 1.82) is 5.26 Å². The van der Waals surface area contributed by atoms with E-state index in [1.807, 2.05) is 6.07 Å². The summed E-state index contributed by atoms with van der Waals surface area (Å²) in [4.78, 5) is 28.0. The number of H-pyrrole nitrogens is 1. The van der Waals surface area contributed by atoms with Crippen LogP contribution < -0.4 is 21.2 Å². The summed E-state index contributed by atoms with van der Waals surface area (Å²) < 4.78 is 32.8. The van der Waals surface area contributed by atoms with E-state index in [0.717, 1.165) is 0 Å². The van der Waals surface area contributed by atoms with E-state index in [9.17, 15) is 18.4 Å².